The molecule has 54 valence electrons. The van der Waals surface area contributed by atoms with E-state index in [1.807, 2.05) is 6.92 Å². The van der Waals surface area contributed by atoms with Crippen LogP contribution in [-0.2, 0) is 4.79 Å². The molecule has 0 aromatic rings. The van der Waals surface area contributed by atoms with Crippen molar-refractivity contribution in [3.05, 3.63) is 0 Å². The summed E-state index contributed by atoms with van der Waals surface area (Å²) in [4.78, 5) is 10.3. The highest BCUT2D eigenvalue weighted by Gasteiger charge is 2.06. The molecule has 0 radical (unpaired) electrons. The Bertz CT molecular complexity index is 93.1. The number of carbonyl (C=O) groups is 1. The lowest BCUT2D eigenvalue weighted by atomic mass is 10.1. The van der Waals surface area contributed by atoms with E-state index < -0.39 is 11.9 Å². The van der Waals surface area contributed by atoms with Crippen LogP contribution in [-0.4, -0.2) is 11.9 Å². The molecule has 0 aromatic carbocycles. The van der Waals surface area contributed by atoms with Crippen molar-refractivity contribution in [3.8, 4) is 0 Å². The summed E-state index contributed by atoms with van der Waals surface area (Å²) < 4.78 is 0. The number of primary amides is 1. The summed E-state index contributed by atoms with van der Waals surface area (Å²) in [6.45, 7) is 2.05. The van der Waals surface area contributed by atoms with Crippen LogP contribution >= 0.6 is 0 Å². The number of rotatable bonds is 4. The van der Waals surface area contributed by atoms with E-state index in [2.05, 4.69) is 0 Å². The van der Waals surface area contributed by atoms with Gasteiger partial charge in [0.2, 0.25) is 5.91 Å². The second-order valence-electron chi connectivity index (χ2n) is 2.15. The molecule has 1 amide bonds. The number of hydrogen-bond acceptors (Lipinski definition) is 2. The molecule has 0 aliphatic rings. The maximum atomic E-state index is 10.3. The van der Waals surface area contributed by atoms with Gasteiger partial charge in [0, 0.05) is 0 Å². The third kappa shape index (κ3) is 3.97. The van der Waals surface area contributed by atoms with Gasteiger partial charge in [-0.3, -0.25) is 4.79 Å². The Hall–Kier alpha value is -0.570. The molecule has 0 aliphatic carbocycles. The molecule has 0 saturated carbocycles. The van der Waals surface area contributed by atoms with Gasteiger partial charge in [-0.05, 0) is 6.42 Å². The van der Waals surface area contributed by atoms with Gasteiger partial charge in [-0.1, -0.05) is 19.8 Å². The standard InChI is InChI=1S/C6H14N2O/c1-2-3-4-5(7)6(8)9/h5H,2-4,7H2,1H3,(H2,8,9)/t5-/m0/s1. The van der Waals surface area contributed by atoms with E-state index in [-0.39, 0.29) is 0 Å². The zero-order chi connectivity index (χ0) is 7.28. The molecule has 3 nitrogen and oxygen atoms in total. The Morgan fingerprint density at radius 3 is 2.56 bits per heavy atom. The first kappa shape index (κ1) is 8.43. The highest BCUT2D eigenvalue weighted by Crippen LogP contribution is 1.96. The minimum Gasteiger partial charge on any atom is -0.368 e. The van der Waals surface area contributed by atoms with Gasteiger partial charge in [-0.25, -0.2) is 0 Å². The number of unbranched alkanes of at least 4 members (excludes halogenated alkanes) is 1. The molecule has 3 heteroatoms. The molecule has 0 unspecified atom stereocenters. The molecule has 1 atom stereocenters. The zero-order valence-corrected chi connectivity index (χ0v) is 5.76. The Kier molecular flexibility index (Phi) is 4.05. The molecule has 0 saturated heterocycles. The third-order valence-electron chi connectivity index (χ3n) is 1.23. The summed E-state index contributed by atoms with van der Waals surface area (Å²) in [7, 11) is 0. The average molecular weight is 130 g/mol. The predicted octanol–water partition coefficient (Wildman–Crippen LogP) is -0.0108. The van der Waals surface area contributed by atoms with E-state index in [0.29, 0.717) is 6.42 Å². The molecule has 0 spiro atoms. The van der Waals surface area contributed by atoms with Crippen molar-refractivity contribution in [2.45, 2.75) is 32.2 Å². The van der Waals surface area contributed by atoms with Gasteiger partial charge < -0.3 is 11.5 Å². The third-order valence-corrected chi connectivity index (χ3v) is 1.23. The minimum atomic E-state index is -0.440. The van der Waals surface area contributed by atoms with Crippen LogP contribution in [0.4, 0.5) is 0 Å². The number of hydrogen-bond donors (Lipinski definition) is 2. The fourth-order valence-electron chi connectivity index (χ4n) is 0.566. The van der Waals surface area contributed by atoms with Gasteiger partial charge in [-0.2, -0.15) is 0 Å². The van der Waals surface area contributed by atoms with Crippen molar-refractivity contribution in [1.29, 1.82) is 0 Å². The van der Waals surface area contributed by atoms with Crippen LogP contribution < -0.4 is 11.5 Å². The highest BCUT2D eigenvalue weighted by atomic mass is 16.1. The first-order valence-corrected chi connectivity index (χ1v) is 3.23. The van der Waals surface area contributed by atoms with Crippen LogP contribution in [0.2, 0.25) is 0 Å². The Morgan fingerprint density at radius 1 is 1.67 bits per heavy atom. The van der Waals surface area contributed by atoms with Crippen molar-refractivity contribution in [2.75, 3.05) is 0 Å². The van der Waals surface area contributed by atoms with Crippen molar-refractivity contribution < 1.29 is 4.79 Å². The average Bonchev–Trinajstić information content (AvgIpc) is 1.82. The molecule has 0 rings (SSSR count). The Labute approximate surface area is 55.4 Å². The van der Waals surface area contributed by atoms with Gasteiger partial charge >= 0.3 is 0 Å². The fraction of sp³-hybridized carbons (Fsp3) is 0.833. The summed E-state index contributed by atoms with van der Waals surface area (Å²) in [5.74, 6) is -0.400. The lowest BCUT2D eigenvalue weighted by molar-refractivity contribution is -0.119. The molecule has 4 N–H and O–H groups in total. The molecule has 0 aliphatic heterocycles. The highest BCUT2D eigenvalue weighted by molar-refractivity contribution is 5.79. The van der Waals surface area contributed by atoms with Gasteiger partial charge in [0.05, 0.1) is 6.04 Å². The van der Waals surface area contributed by atoms with Crippen LogP contribution in [0, 0.1) is 0 Å². The molecule has 0 heterocycles. The van der Waals surface area contributed by atoms with E-state index in [9.17, 15) is 4.79 Å². The molecule has 0 fully saturated rings. The van der Waals surface area contributed by atoms with Gasteiger partial charge in [0.15, 0.2) is 0 Å². The molecular formula is C6H14N2O. The number of nitrogens with two attached hydrogens (primary N) is 2. The monoisotopic (exact) mass is 130 g/mol. The zero-order valence-electron chi connectivity index (χ0n) is 5.76. The van der Waals surface area contributed by atoms with Crippen LogP contribution in [0.25, 0.3) is 0 Å². The Balaban J connectivity index is 3.27. The predicted molar refractivity (Wildman–Crippen MR) is 36.7 cm³/mol. The van der Waals surface area contributed by atoms with Crippen molar-refractivity contribution >= 4 is 5.91 Å². The lowest BCUT2D eigenvalue weighted by Gasteiger charge is -2.03. The molecule has 9 heavy (non-hydrogen) atoms. The van der Waals surface area contributed by atoms with Gasteiger partial charge in [0.1, 0.15) is 0 Å². The maximum Gasteiger partial charge on any atom is 0.234 e. The van der Waals surface area contributed by atoms with E-state index >= 15 is 0 Å². The number of carbonyl (C=O) groups excluding carboxylic acids is 1. The van der Waals surface area contributed by atoms with Crippen LogP contribution in [0.3, 0.4) is 0 Å². The SMILES string of the molecule is CCCC[C@H](N)C(N)=O. The van der Waals surface area contributed by atoms with Gasteiger partial charge in [-0.15, -0.1) is 0 Å². The quantitative estimate of drug-likeness (QED) is 0.562. The van der Waals surface area contributed by atoms with E-state index in [4.69, 9.17) is 11.5 Å². The van der Waals surface area contributed by atoms with Crippen LogP contribution in [0.15, 0.2) is 0 Å². The maximum absolute atomic E-state index is 10.3. The first-order chi connectivity index (χ1) is 4.18. The van der Waals surface area contributed by atoms with Crippen LogP contribution in [0.5, 0.6) is 0 Å². The van der Waals surface area contributed by atoms with E-state index in [1.54, 1.807) is 0 Å². The van der Waals surface area contributed by atoms with E-state index in [1.165, 1.54) is 0 Å². The van der Waals surface area contributed by atoms with E-state index in [0.717, 1.165) is 12.8 Å². The first-order valence-electron chi connectivity index (χ1n) is 3.23. The summed E-state index contributed by atoms with van der Waals surface area (Å²) in [5, 5.41) is 0. The van der Waals surface area contributed by atoms with Crippen molar-refractivity contribution in [2.24, 2.45) is 11.5 Å². The molecular weight excluding hydrogens is 116 g/mol. The lowest BCUT2D eigenvalue weighted by Crippen LogP contribution is -2.36. The summed E-state index contributed by atoms with van der Waals surface area (Å²) in [6, 6.07) is -0.440. The summed E-state index contributed by atoms with van der Waals surface area (Å²) in [6.07, 6.45) is 2.75. The smallest absolute Gasteiger partial charge is 0.234 e. The van der Waals surface area contributed by atoms with Gasteiger partial charge in [0.25, 0.3) is 0 Å². The molecule has 0 aromatic heterocycles. The topological polar surface area (TPSA) is 69.1 Å². The summed E-state index contributed by atoms with van der Waals surface area (Å²) in [5.41, 5.74) is 10.2. The van der Waals surface area contributed by atoms with Crippen molar-refractivity contribution in [3.63, 3.8) is 0 Å². The fourth-order valence-corrected chi connectivity index (χ4v) is 0.566. The largest absolute Gasteiger partial charge is 0.368 e. The van der Waals surface area contributed by atoms with Crippen LogP contribution in [0.1, 0.15) is 26.2 Å². The second kappa shape index (κ2) is 4.32. The number of amides is 1. The Morgan fingerprint density at radius 2 is 2.22 bits per heavy atom. The summed E-state index contributed by atoms with van der Waals surface area (Å²) >= 11 is 0. The molecule has 0 bridgehead atoms. The van der Waals surface area contributed by atoms with Crippen molar-refractivity contribution in [1.82, 2.24) is 0 Å². The second-order valence-corrected chi connectivity index (χ2v) is 2.15. The normalized spacial score (nSPS) is 13.1. The minimum absolute atomic E-state index is 0.400.